The highest BCUT2D eigenvalue weighted by Crippen LogP contribution is 2.30. The molecule has 0 saturated heterocycles. The smallest absolute Gasteiger partial charge is 0.263 e. The predicted molar refractivity (Wildman–Crippen MR) is 112 cm³/mol. The fourth-order valence-corrected chi connectivity index (χ4v) is 4.92. The third kappa shape index (κ3) is 4.52. The number of anilines is 2. The molecule has 29 heavy (non-hydrogen) atoms. The molecule has 1 amide bonds. The molecule has 0 radical (unpaired) electrons. The minimum absolute atomic E-state index is 0.0790. The topological polar surface area (TPSA) is 97.4 Å². The standard InChI is InChI=1S/C19H16ClN3O4S2/c20-14-1-6-17-12(10-14)9-13(11-27-17)18(24)22-15-2-4-16(5-3-15)29(25,26)23-19-21-7-8-28-19/h1-8,10,13H,9,11H2,(H,21,23)(H,22,24). The summed E-state index contributed by atoms with van der Waals surface area (Å²) in [7, 11) is -3.73. The highest BCUT2D eigenvalue weighted by Gasteiger charge is 2.26. The maximum Gasteiger partial charge on any atom is 0.263 e. The van der Waals surface area contributed by atoms with Crippen molar-refractivity contribution in [2.24, 2.45) is 5.92 Å². The van der Waals surface area contributed by atoms with E-state index < -0.39 is 10.0 Å². The van der Waals surface area contributed by atoms with E-state index in [1.165, 1.54) is 29.7 Å². The number of nitrogens with one attached hydrogen (secondary N) is 2. The summed E-state index contributed by atoms with van der Waals surface area (Å²) in [6, 6.07) is 11.3. The maximum atomic E-state index is 12.6. The molecule has 3 aromatic rings. The molecule has 1 unspecified atom stereocenters. The molecular weight excluding hydrogens is 434 g/mol. The number of carbonyl (C=O) groups excluding carboxylic acids is 1. The molecule has 1 atom stereocenters. The van der Waals surface area contributed by atoms with Crippen molar-refractivity contribution in [2.75, 3.05) is 16.6 Å². The number of benzene rings is 2. The van der Waals surface area contributed by atoms with Crippen LogP contribution in [0.3, 0.4) is 0 Å². The Morgan fingerprint density at radius 3 is 2.72 bits per heavy atom. The lowest BCUT2D eigenvalue weighted by atomic mass is 9.96. The monoisotopic (exact) mass is 449 g/mol. The highest BCUT2D eigenvalue weighted by atomic mass is 35.5. The zero-order valence-electron chi connectivity index (χ0n) is 15.0. The molecular formula is C19H16ClN3O4S2. The zero-order chi connectivity index (χ0) is 20.4. The van der Waals surface area contributed by atoms with Crippen molar-refractivity contribution < 1.29 is 17.9 Å². The Hall–Kier alpha value is -2.62. The van der Waals surface area contributed by atoms with E-state index in [9.17, 15) is 13.2 Å². The molecule has 0 saturated carbocycles. The van der Waals surface area contributed by atoms with Gasteiger partial charge in [-0.25, -0.2) is 13.4 Å². The Morgan fingerprint density at radius 2 is 2.00 bits per heavy atom. The summed E-state index contributed by atoms with van der Waals surface area (Å²) in [5, 5.41) is 5.37. The van der Waals surface area contributed by atoms with Gasteiger partial charge in [0.05, 0.1) is 10.8 Å². The second-order valence-electron chi connectivity index (χ2n) is 6.42. The minimum Gasteiger partial charge on any atom is -0.492 e. The molecule has 4 rings (SSSR count). The van der Waals surface area contributed by atoms with Gasteiger partial charge in [0, 0.05) is 22.3 Å². The average Bonchev–Trinajstić information content (AvgIpc) is 3.20. The first-order valence-electron chi connectivity index (χ1n) is 8.65. The van der Waals surface area contributed by atoms with Crippen molar-refractivity contribution in [3.63, 3.8) is 0 Å². The molecule has 0 aliphatic carbocycles. The summed E-state index contributed by atoms with van der Waals surface area (Å²) < 4.78 is 32.8. The van der Waals surface area contributed by atoms with Crippen LogP contribution in [0.2, 0.25) is 5.02 Å². The molecule has 10 heteroatoms. The van der Waals surface area contributed by atoms with Crippen molar-refractivity contribution in [1.29, 1.82) is 0 Å². The highest BCUT2D eigenvalue weighted by molar-refractivity contribution is 7.93. The van der Waals surface area contributed by atoms with E-state index in [2.05, 4.69) is 15.0 Å². The Balaban J connectivity index is 1.42. The lowest BCUT2D eigenvalue weighted by Crippen LogP contribution is -2.32. The van der Waals surface area contributed by atoms with Crippen LogP contribution in [0.15, 0.2) is 58.9 Å². The van der Waals surface area contributed by atoms with Crippen LogP contribution < -0.4 is 14.8 Å². The summed E-state index contributed by atoms with van der Waals surface area (Å²) in [6.45, 7) is 0.269. The van der Waals surface area contributed by atoms with Gasteiger partial charge in [-0.1, -0.05) is 11.6 Å². The van der Waals surface area contributed by atoms with E-state index in [1.54, 1.807) is 35.7 Å². The Morgan fingerprint density at radius 1 is 1.21 bits per heavy atom. The lowest BCUT2D eigenvalue weighted by molar-refractivity contribution is -0.121. The Labute approximate surface area is 176 Å². The van der Waals surface area contributed by atoms with Crippen LogP contribution >= 0.6 is 22.9 Å². The van der Waals surface area contributed by atoms with Gasteiger partial charge in [0.15, 0.2) is 5.13 Å². The van der Waals surface area contributed by atoms with Crippen LogP contribution in [0.5, 0.6) is 5.75 Å². The SMILES string of the molecule is O=C(Nc1ccc(S(=O)(=O)Nc2nccs2)cc1)C1COc2ccc(Cl)cc2C1. The van der Waals surface area contributed by atoms with Gasteiger partial charge in [0.25, 0.3) is 10.0 Å². The number of rotatable bonds is 5. The van der Waals surface area contributed by atoms with E-state index in [4.69, 9.17) is 16.3 Å². The van der Waals surface area contributed by atoms with Crippen LogP contribution in [-0.4, -0.2) is 25.9 Å². The molecule has 0 fully saturated rings. The number of halogens is 1. The number of carbonyl (C=O) groups is 1. The van der Waals surface area contributed by atoms with Gasteiger partial charge in [0.2, 0.25) is 5.91 Å². The van der Waals surface area contributed by atoms with Crippen LogP contribution in [0.1, 0.15) is 5.56 Å². The van der Waals surface area contributed by atoms with E-state index in [-0.39, 0.29) is 23.3 Å². The van der Waals surface area contributed by atoms with Gasteiger partial charge in [-0.15, -0.1) is 11.3 Å². The van der Waals surface area contributed by atoms with Gasteiger partial charge in [-0.2, -0.15) is 0 Å². The van der Waals surface area contributed by atoms with Crippen molar-refractivity contribution in [2.45, 2.75) is 11.3 Å². The van der Waals surface area contributed by atoms with E-state index in [1.807, 2.05) is 0 Å². The third-order valence-corrected chi connectivity index (χ3v) is 6.79. The second-order valence-corrected chi connectivity index (χ2v) is 9.43. The molecule has 2 heterocycles. The van der Waals surface area contributed by atoms with Gasteiger partial charge < -0.3 is 10.1 Å². The van der Waals surface area contributed by atoms with Gasteiger partial charge in [-0.3, -0.25) is 9.52 Å². The fraction of sp³-hybridized carbons (Fsp3) is 0.158. The van der Waals surface area contributed by atoms with E-state index in [0.717, 1.165) is 11.3 Å². The number of hydrogen-bond acceptors (Lipinski definition) is 6. The van der Waals surface area contributed by atoms with Crippen LogP contribution in [0.4, 0.5) is 10.8 Å². The molecule has 150 valence electrons. The van der Waals surface area contributed by atoms with Gasteiger partial charge in [-0.05, 0) is 54.4 Å². The first kappa shape index (κ1) is 19.7. The largest absolute Gasteiger partial charge is 0.492 e. The lowest BCUT2D eigenvalue weighted by Gasteiger charge is -2.24. The summed E-state index contributed by atoms with van der Waals surface area (Å²) in [5.41, 5.74) is 1.39. The fourth-order valence-electron chi connectivity index (χ4n) is 2.94. The maximum absolute atomic E-state index is 12.6. The minimum atomic E-state index is -3.73. The van der Waals surface area contributed by atoms with Gasteiger partial charge >= 0.3 is 0 Å². The number of fused-ring (bicyclic) bond motifs is 1. The zero-order valence-corrected chi connectivity index (χ0v) is 17.4. The van der Waals surface area contributed by atoms with Crippen LogP contribution in [0.25, 0.3) is 0 Å². The first-order valence-corrected chi connectivity index (χ1v) is 11.4. The number of amides is 1. The van der Waals surface area contributed by atoms with Crippen LogP contribution in [0, 0.1) is 5.92 Å². The van der Waals surface area contributed by atoms with Crippen LogP contribution in [-0.2, 0) is 21.2 Å². The number of thiazole rings is 1. The molecule has 1 aliphatic heterocycles. The summed E-state index contributed by atoms with van der Waals surface area (Å²) in [4.78, 5) is 16.6. The molecule has 7 nitrogen and oxygen atoms in total. The van der Waals surface area contributed by atoms with Gasteiger partial charge in [0.1, 0.15) is 12.4 Å². The number of hydrogen-bond donors (Lipinski definition) is 2. The number of sulfonamides is 1. The van der Waals surface area contributed by atoms with E-state index >= 15 is 0 Å². The number of nitrogens with zero attached hydrogens (tertiary/aromatic N) is 1. The Bertz CT molecular complexity index is 1130. The third-order valence-electron chi connectivity index (χ3n) is 4.39. The van der Waals surface area contributed by atoms with Crippen molar-refractivity contribution in [3.8, 4) is 5.75 Å². The molecule has 0 bridgehead atoms. The van der Waals surface area contributed by atoms with Crippen molar-refractivity contribution in [1.82, 2.24) is 4.98 Å². The quantitative estimate of drug-likeness (QED) is 0.617. The molecule has 1 aliphatic rings. The average molecular weight is 450 g/mol. The molecule has 2 N–H and O–H groups in total. The summed E-state index contributed by atoms with van der Waals surface area (Å²) in [6.07, 6.45) is 2.04. The first-order chi connectivity index (χ1) is 13.9. The predicted octanol–water partition coefficient (Wildman–Crippen LogP) is 3.79. The molecule has 2 aromatic carbocycles. The van der Waals surface area contributed by atoms with Crippen molar-refractivity contribution in [3.05, 3.63) is 64.6 Å². The van der Waals surface area contributed by atoms with E-state index in [0.29, 0.717) is 22.3 Å². The molecule has 1 aromatic heterocycles. The van der Waals surface area contributed by atoms with Crippen molar-refractivity contribution >= 4 is 49.7 Å². The second kappa shape index (κ2) is 8.02. The Kier molecular flexibility index (Phi) is 5.44. The number of ether oxygens (including phenoxy) is 1. The molecule has 0 spiro atoms. The summed E-state index contributed by atoms with van der Waals surface area (Å²) in [5.74, 6) is 0.170. The normalized spacial score (nSPS) is 15.8. The number of aromatic nitrogens is 1. The summed E-state index contributed by atoms with van der Waals surface area (Å²) >= 11 is 7.21.